The molecule has 1 heterocycles. The molecule has 0 aromatic heterocycles. The summed E-state index contributed by atoms with van der Waals surface area (Å²) in [4.78, 5) is 24.9. The number of benzene rings is 1. The Labute approximate surface area is 116 Å². The predicted octanol–water partition coefficient (Wildman–Crippen LogP) is 1.60. The highest BCUT2D eigenvalue weighted by Crippen LogP contribution is 2.26. The largest absolute Gasteiger partial charge is 0.395 e. The molecule has 0 atom stereocenters. The molecule has 0 unspecified atom stereocenters. The van der Waals surface area contributed by atoms with Crippen molar-refractivity contribution in [3.63, 3.8) is 0 Å². The van der Waals surface area contributed by atoms with E-state index >= 15 is 0 Å². The normalized spacial score (nSPS) is 15.0. The van der Waals surface area contributed by atoms with Gasteiger partial charge in [0.15, 0.2) is 0 Å². The molecule has 1 saturated heterocycles. The summed E-state index contributed by atoms with van der Waals surface area (Å²) in [5.41, 5.74) is 0.591. The topological polar surface area (TPSA) is 57.6 Å². The molecule has 5 heteroatoms. The molecule has 1 aromatic rings. The minimum atomic E-state index is -0.487. The third-order valence-electron chi connectivity index (χ3n) is 2.94. The molecule has 0 saturated carbocycles. The number of aliphatic hydroxyl groups excluding tert-OH is 1. The lowest BCUT2D eigenvalue weighted by molar-refractivity contribution is -0.129. The number of piperidine rings is 1. The first-order chi connectivity index (χ1) is 9.63. The van der Waals surface area contributed by atoms with Crippen LogP contribution >= 0.6 is 0 Å². The lowest BCUT2D eigenvalue weighted by atomic mass is 10.1. The van der Waals surface area contributed by atoms with Gasteiger partial charge in [-0.25, -0.2) is 9.29 Å². The van der Waals surface area contributed by atoms with Crippen LogP contribution in [0, 0.1) is 17.7 Å². The molecule has 20 heavy (non-hydrogen) atoms. The lowest BCUT2D eigenvalue weighted by Crippen LogP contribution is -2.40. The second-order valence-electron chi connectivity index (χ2n) is 4.41. The lowest BCUT2D eigenvalue weighted by Gasteiger charge is -2.25. The van der Waals surface area contributed by atoms with Crippen molar-refractivity contribution in [2.45, 2.75) is 25.7 Å². The summed E-state index contributed by atoms with van der Waals surface area (Å²) < 4.78 is 13.3. The van der Waals surface area contributed by atoms with Crippen molar-refractivity contribution in [3.05, 3.63) is 29.6 Å². The summed E-state index contributed by atoms with van der Waals surface area (Å²) in [5.74, 6) is 4.30. The van der Waals surface area contributed by atoms with Crippen molar-refractivity contribution in [1.82, 2.24) is 0 Å². The van der Waals surface area contributed by atoms with Gasteiger partial charge in [0, 0.05) is 19.3 Å². The molecule has 1 aliphatic heterocycles. The van der Waals surface area contributed by atoms with E-state index in [9.17, 15) is 14.0 Å². The Morgan fingerprint density at radius 3 is 2.60 bits per heavy atom. The minimum Gasteiger partial charge on any atom is -0.395 e. The van der Waals surface area contributed by atoms with Gasteiger partial charge in [0.25, 0.3) is 0 Å². The number of imide groups is 1. The summed E-state index contributed by atoms with van der Waals surface area (Å²) in [6.07, 6.45) is 1.39. The molecule has 0 bridgehead atoms. The van der Waals surface area contributed by atoms with Crippen LogP contribution in [0.3, 0.4) is 0 Å². The second kappa shape index (κ2) is 6.31. The number of hydrogen-bond acceptors (Lipinski definition) is 3. The highest BCUT2D eigenvalue weighted by molar-refractivity contribution is 6.17. The number of anilines is 1. The summed E-state index contributed by atoms with van der Waals surface area (Å²) in [6, 6.07) is 3.77. The zero-order valence-corrected chi connectivity index (χ0v) is 10.9. The Kier molecular flexibility index (Phi) is 4.49. The molecule has 0 spiro atoms. The van der Waals surface area contributed by atoms with Gasteiger partial charge in [-0.05, 0) is 24.6 Å². The van der Waals surface area contributed by atoms with Gasteiger partial charge in [0.05, 0.1) is 17.9 Å². The molecule has 0 aliphatic carbocycles. The van der Waals surface area contributed by atoms with Crippen LogP contribution in [0.1, 0.15) is 31.2 Å². The number of rotatable bonds is 2. The zero-order chi connectivity index (χ0) is 14.5. The Morgan fingerprint density at radius 1 is 1.25 bits per heavy atom. The summed E-state index contributed by atoms with van der Waals surface area (Å²) in [7, 11) is 0. The van der Waals surface area contributed by atoms with E-state index in [0.29, 0.717) is 24.9 Å². The van der Waals surface area contributed by atoms with Crippen LogP contribution in [0.4, 0.5) is 10.1 Å². The number of nitrogens with zero attached hydrogens (tertiary/aromatic N) is 1. The third kappa shape index (κ3) is 3.03. The van der Waals surface area contributed by atoms with Gasteiger partial charge in [-0.15, -0.1) is 0 Å². The van der Waals surface area contributed by atoms with Gasteiger partial charge in [0.2, 0.25) is 11.8 Å². The highest BCUT2D eigenvalue weighted by Gasteiger charge is 2.28. The second-order valence-corrected chi connectivity index (χ2v) is 4.41. The van der Waals surface area contributed by atoms with Gasteiger partial charge < -0.3 is 5.11 Å². The van der Waals surface area contributed by atoms with E-state index in [1.165, 1.54) is 18.2 Å². The van der Waals surface area contributed by atoms with Gasteiger partial charge in [-0.3, -0.25) is 9.59 Å². The van der Waals surface area contributed by atoms with E-state index < -0.39 is 5.82 Å². The first kappa shape index (κ1) is 14.2. The van der Waals surface area contributed by atoms with Crippen LogP contribution in [0.25, 0.3) is 0 Å². The Hall–Kier alpha value is -2.19. The number of amides is 2. The molecule has 2 amide bonds. The number of carbonyl (C=O) groups is 2. The van der Waals surface area contributed by atoms with Crippen LogP contribution in [-0.2, 0) is 9.59 Å². The number of hydrogen-bond donors (Lipinski definition) is 1. The van der Waals surface area contributed by atoms with E-state index in [1.807, 2.05) is 0 Å². The number of carbonyl (C=O) groups excluding carboxylic acids is 2. The van der Waals surface area contributed by atoms with Crippen molar-refractivity contribution in [2.24, 2.45) is 0 Å². The average Bonchev–Trinajstić information content (AvgIpc) is 2.41. The Bertz CT molecular complexity index is 585. The van der Waals surface area contributed by atoms with Crippen LogP contribution < -0.4 is 4.90 Å². The van der Waals surface area contributed by atoms with Crippen LogP contribution in [-0.4, -0.2) is 23.5 Å². The molecular formula is C15H14FNO3. The summed E-state index contributed by atoms with van der Waals surface area (Å²) in [5, 5.41) is 8.71. The van der Waals surface area contributed by atoms with Crippen molar-refractivity contribution in [1.29, 1.82) is 0 Å². The van der Waals surface area contributed by atoms with Crippen LogP contribution in [0.2, 0.25) is 0 Å². The van der Waals surface area contributed by atoms with E-state index in [1.54, 1.807) is 0 Å². The molecule has 2 rings (SSSR count). The van der Waals surface area contributed by atoms with E-state index in [-0.39, 0.29) is 30.4 Å². The van der Waals surface area contributed by atoms with Gasteiger partial charge >= 0.3 is 0 Å². The molecule has 0 radical (unpaired) electrons. The van der Waals surface area contributed by atoms with Crippen molar-refractivity contribution >= 4 is 17.5 Å². The quantitative estimate of drug-likeness (QED) is 0.659. The SMILES string of the molecule is O=C1CCCC(=O)N1c1ccc(F)cc1C#CCCO. The van der Waals surface area contributed by atoms with Crippen molar-refractivity contribution in [3.8, 4) is 11.8 Å². The molecule has 104 valence electrons. The maximum atomic E-state index is 13.3. The Balaban J connectivity index is 2.42. The highest BCUT2D eigenvalue weighted by atomic mass is 19.1. The molecule has 4 nitrogen and oxygen atoms in total. The molecule has 1 fully saturated rings. The van der Waals surface area contributed by atoms with E-state index in [0.717, 1.165) is 4.90 Å². The Morgan fingerprint density at radius 2 is 1.95 bits per heavy atom. The number of aliphatic hydroxyl groups is 1. The zero-order valence-electron chi connectivity index (χ0n) is 10.9. The maximum Gasteiger partial charge on any atom is 0.233 e. The molecule has 1 aliphatic rings. The fraction of sp³-hybridized carbons (Fsp3) is 0.333. The van der Waals surface area contributed by atoms with Gasteiger partial charge in [-0.2, -0.15) is 0 Å². The fourth-order valence-corrected chi connectivity index (χ4v) is 2.04. The summed E-state index contributed by atoms with van der Waals surface area (Å²) in [6.45, 7) is -0.0980. The average molecular weight is 275 g/mol. The predicted molar refractivity (Wildman–Crippen MR) is 71.3 cm³/mol. The fourth-order valence-electron chi connectivity index (χ4n) is 2.04. The minimum absolute atomic E-state index is 0.0980. The standard InChI is InChI=1S/C15H14FNO3/c16-12-7-8-13(11(10-12)4-1-2-9-18)17-14(19)5-3-6-15(17)20/h7-8,10,18H,2-3,5-6,9H2. The van der Waals surface area contributed by atoms with E-state index in [2.05, 4.69) is 11.8 Å². The van der Waals surface area contributed by atoms with Crippen LogP contribution in [0.15, 0.2) is 18.2 Å². The van der Waals surface area contributed by atoms with Crippen molar-refractivity contribution < 1.29 is 19.1 Å². The molecule has 1 aromatic carbocycles. The van der Waals surface area contributed by atoms with Crippen LogP contribution in [0.5, 0.6) is 0 Å². The first-order valence-corrected chi connectivity index (χ1v) is 6.38. The molecular weight excluding hydrogens is 261 g/mol. The third-order valence-corrected chi connectivity index (χ3v) is 2.94. The van der Waals surface area contributed by atoms with Gasteiger partial charge in [-0.1, -0.05) is 11.8 Å². The van der Waals surface area contributed by atoms with Gasteiger partial charge in [0.1, 0.15) is 5.82 Å². The monoisotopic (exact) mass is 275 g/mol. The van der Waals surface area contributed by atoms with Crippen molar-refractivity contribution in [2.75, 3.05) is 11.5 Å². The smallest absolute Gasteiger partial charge is 0.233 e. The molecule has 1 N–H and O–H groups in total. The first-order valence-electron chi connectivity index (χ1n) is 6.38. The number of halogens is 1. The summed E-state index contributed by atoms with van der Waals surface area (Å²) >= 11 is 0. The van der Waals surface area contributed by atoms with E-state index in [4.69, 9.17) is 5.11 Å². The maximum absolute atomic E-state index is 13.3.